The highest BCUT2D eigenvalue weighted by molar-refractivity contribution is 5.82. The van der Waals surface area contributed by atoms with Crippen LogP contribution in [0.3, 0.4) is 0 Å². The van der Waals surface area contributed by atoms with E-state index in [9.17, 15) is 10.1 Å². The Bertz CT molecular complexity index is 795. The Kier molecular flexibility index (Phi) is 4.16. The molecule has 3 N–H and O–H groups in total. The second-order valence-electron chi connectivity index (χ2n) is 5.28. The number of nitrogens with two attached hydrogens (primary N) is 1. The summed E-state index contributed by atoms with van der Waals surface area (Å²) in [7, 11) is 0. The number of H-pyrrole nitrogens is 1. The lowest BCUT2D eigenvalue weighted by Gasteiger charge is -2.03. The molecule has 0 radical (unpaired) electrons. The van der Waals surface area contributed by atoms with Gasteiger partial charge in [-0.25, -0.2) is 0 Å². The first-order valence-electron chi connectivity index (χ1n) is 7.34. The zero-order valence-electron chi connectivity index (χ0n) is 12.2. The highest BCUT2D eigenvalue weighted by atomic mass is 16.6. The molecule has 22 heavy (non-hydrogen) atoms. The predicted octanol–water partition coefficient (Wildman–Crippen LogP) is 2.38. The number of aromatic amines is 1. The van der Waals surface area contributed by atoms with Crippen molar-refractivity contribution in [1.82, 2.24) is 4.98 Å². The van der Waals surface area contributed by atoms with Crippen molar-refractivity contribution < 1.29 is 10.2 Å². The number of nitrogens with zero attached hydrogens (tertiary/aromatic N) is 1. The Balaban J connectivity index is 1.59. The molecule has 0 unspecified atom stereocenters. The number of benzene rings is 2. The van der Waals surface area contributed by atoms with Crippen molar-refractivity contribution in [1.29, 1.82) is 0 Å². The van der Waals surface area contributed by atoms with Crippen LogP contribution in [0.2, 0.25) is 0 Å². The van der Waals surface area contributed by atoms with E-state index in [1.165, 1.54) is 10.9 Å². The largest absolute Gasteiger partial charge is 0.361 e. The van der Waals surface area contributed by atoms with Crippen LogP contribution in [-0.2, 0) is 13.0 Å². The summed E-state index contributed by atoms with van der Waals surface area (Å²) < 4.78 is 0. The molecule has 0 amide bonds. The SMILES string of the molecule is O=[N+]([O-])c1ccccc1C[NH2+]CCc1c[nH]c2ccccc12. The number of hydrogen-bond acceptors (Lipinski definition) is 2. The number of fused-ring (bicyclic) bond motifs is 1. The minimum absolute atomic E-state index is 0.200. The summed E-state index contributed by atoms with van der Waals surface area (Å²) in [5, 5.41) is 14.3. The molecule has 0 atom stereocenters. The lowest BCUT2D eigenvalue weighted by molar-refractivity contribution is -0.670. The Morgan fingerprint density at radius 2 is 1.82 bits per heavy atom. The topological polar surface area (TPSA) is 75.5 Å². The number of nitro groups is 1. The summed E-state index contributed by atoms with van der Waals surface area (Å²) in [6, 6.07) is 15.2. The average Bonchev–Trinajstić information content (AvgIpc) is 2.95. The third-order valence-electron chi connectivity index (χ3n) is 3.85. The van der Waals surface area contributed by atoms with Crippen LogP contribution in [0.5, 0.6) is 0 Å². The molecule has 0 aliphatic heterocycles. The number of rotatable bonds is 6. The molecule has 3 rings (SSSR count). The lowest BCUT2D eigenvalue weighted by atomic mass is 10.1. The van der Waals surface area contributed by atoms with Gasteiger partial charge in [-0.3, -0.25) is 10.1 Å². The maximum atomic E-state index is 11.0. The summed E-state index contributed by atoms with van der Waals surface area (Å²) in [5.74, 6) is 0. The summed E-state index contributed by atoms with van der Waals surface area (Å²) in [4.78, 5) is 13.9. The van der Waals surface area contributed by atoms with Gasteiger partial charge in [-0.2, -0.15) is 0 Å². The minimum atomic E-state index is -0.317. The van der Waals surface area contributed by atoms with Gasteiger partial charge in [0.25, 0.3) is 5.69 Å². The zero-order chi connectivity index (χ0) is 15.4. The Morgan fingerprint density at radius 3 is 2.68 bits per heavy atom. The van der Waals surface area contributed by atoms with Crippen molar-refractivity contribution in [3.8, 4) is 0 Å². The molecule has 0 saturated carbocycles. The molecule has 3 aromatic rings. The second-order valence-corrected chi connectivity index (χ2v) is 5.28. The second kappa shape index (κ2) is 6.41. The van der Waals surface area contributed by atoms with Crippen LogP contribution in [-0.4, -0.2) is 16.5 Å². The van der Waals surface area contributed by atoms with Crippen molar-refractivity contribution in [2.75, 3.05) is 6.54 Å². The van der Waals surface area contributed by atoms with Crippen LogP contribution in [0.15, 0.2) is 54.7 Å². The van der Waals surface area contributed by atoms with Crippen molar-refractivity contribution in [2.45, 2.75) is 13.0 Å². The molecule has 5 heteroatoms. The molecule has 5 nitrogen and oxygen atoms in total. The van der Waals surface area contributed by atoms with Gasteiger partial charge in [-0.1, -0.05) is 30.3 Å². The van der Waals surface area contributed by atoms with Gasteiger partial charge >= 0.3 is 0 Å². The van der Waals surface area contributed by atoms with Crippen molar-refractivity contribution in [3.05, 3.63) is 76.0 Å². The maximum Gasteiger partial charge on any atom is 0.278 e. The predicted molar refractivity (Wildman–Crippen MR) is 85.6 cm³/mol. The monoisotopic (exact) mass is 296 g/mol. The third-order valence-corrected chi connectivity index (χ3v) is 3.85. The number of quaternary nitrogens is 1. The van der Waals surface area contributed by atoms with Crippen LogP contribution in [0, 0.1) is 10.1 Å². The van der Waals surface area contributed by atoms with Gasteiger partial charge in [0.05, 0.1) is 17.0 Å². The molecular weight excluding hydrogens is 278 g/mol. The number of nitrogens with one attached hydrogen (secondary N) is 1. The molecule has 112 valence electrons. The molecule has 1 aromatic heterocycles. The minimum Gasteiger partial charge on any atom is -0.361 e. The molecule has 0 aliphatic carbocycles. The molecule has 0 bridgehead atoms. The van der Waals surface area contributed by atoms with Gasteiger partial charge in [0.1, 0.15) is 6.54 Å². The van der Waals surface area contributed by atoms with Crippen LogP contribution in [0.4, 0.5) is 5.69 Å². The number of aromatic nitrogens is 1. The lowest BCUT2D eigenvalue weighted by Crippen LogP contribution is -2.83. The summed E-state index contributed by atoms with van der Waals surface area (Å²) in [6.45, 7) is 1.52. The highest BCUT2D eigenvalue weighted by Gasteiger charge is 2.13. The fourth-order valence-corrected chi connectivity index (χ4v) is 2.72. The quantitative estimate of drug-likeness (QED) is 0.416. The Morgan fingerprint density at radius 1 is 1.05 bits per heavy atom. The van der Waals surface area contributed by atoms with Crippen LogP contribution in [0.25, 0.3) is 10.9 Å². The van der Waals surface area contributed by atoms with E-state index < -0.39 is 0 Å². The van der Waals surface area contributed by atoms with Gasteiger partial charge in [0.2, 0.25) is 0 Å². The number of nitro benzene ring substituents is 1. The van der Waals surface area contributed by atoms with E-state index >= 15 is 0 Å². The van der Waals surface area contributed by atoms with Gasteiger partial charge in [0.15, 0.2) is 0 Å². The number of para-hydroxylation sites is 2. The average molecular weight is 296 g/mol. The van der Waals surface area contributed by atoms with E-state index in [-0.39, 0.29) is 10.6 Å². The van der Waals surface area contributed by atoms with E-state index in [1.54, 1.807) is 12.1 Å². The van der Waals surface area contributed by atoms with Gasteiger partial charge < -0.3 is 10.3 Å². The fraction of sp³-hybridized carbons (Fsp3) is 0.176. The van der Waals surface area contributed by atoms with E-state index in [0.29, 0.717) is 6.54 Å². The maximum absolute atomic E-state index is 11.0. The van der Waals surface area contributed by atoms with Crippen molar-refractivity contribution >= 4 is 16.6 Å². The molecule has 2 aromatic carbocycles. The summed E-state index contributed by atoms with van der Waals surface area (Å²) in [5.41, 5.74) is 3.41. The first-order chi connectivity index (χ1) is 10.8. The van der Waals surface area contributed by atoms with Gasteiger partial charge in [0, 0.05) is 29.6 Å². The van der Waals surface area contributed by atoms with E-state index in [0.717, 1.165) is 24.0 Å². The fourth-order valence-electron chi connectivity index (χ4n) is 2.72. The zero-order valence-corrected chi connectivity index (χ0v) is 12.2. The molecule has 0 spiro atoms. The first kappa shape index (κ1) is 14.3. The summed E-state index contributed by atoms with van der Waals surface area (Å²) >= 11 is 0. The van der Waals surface area contributed by atoms with Gasteiger partial charge in [-0.05, 0) is 17.7 Å². The van der Waals surface area contributed by atoms with Crippen LogP contribution >= 0.6 is 0 Å². The summed E-state index contributed by atoms with van der Waals surface area (Å²) in [6.07, 6.45) is 2.98. The van der Waals surface area contributed by atoms with E-state index in [2.05, 4.69) is 22.4 Å². The normalized spacial score (nSPS) is 10.9. The molecule has 1 heterocycles. The van der Waals surface area contributed by atoms with Gasteiger partial charge in [-0.15, -0.1) is 0 Å². The Labute approximate surface area is 128 Å². The Hall–Kier alpha value is -2.66. The first-order valence-corrected chi connectivity index (χ1v) is 7.34. The van der Waals surface area contributed by atoms with E-state index in [1.807, 2.05) is 30.5 Å². The molecular formula is C17H18N3O2+. The molecule has 0 saturated heterocycles. The molecule has 0 aliphatic rings. The smallest absolute Gasteiger partial charge is 0.278 e. The van der Waals surface area contributed by atoms with Crippen LogP contribution < -0.4 is 5.32 Å². The molecule has 0 fully saturated rings. The highest BCUT2D eigenvalue weighted by Crippen LogP contribution is 2.18. The number of hydrogen-bond donors (Lipinski definition) is 2. The van der Waals surface area contributed by atoms with Crippen LogP contribution in [0.1, 0.15) is 11.1 Å². The van der Waals surface area contributed by atoms with Crippen molar-refractivity contribution in [3.63, 3.8) is 0 Å². The third kappa shape index (κ3) is 2.99. The van der Waals surface area contributed by atoms with Crippen molar-refractivity contribution in [2.24, 2.45) is 0 Å². The standard InChI is InChI=1S/C17H17N3O2/c21-20(22)17-8-4-1-5-14(17)11-18-10-9-13-12-19-16-7-3-2-6-15(13)16/h1-8,12,18-19H,9-11H2/p+1. The van der Waals surface area contributed by atoms with E-state index in [4.69, 9.17) is 0 Å².